The van der Waals surface area contributed by atoms with Crippen molar-refractivity contribution in [1.29, 1.82) is 0 Å². The van der Waals surface area contributed by atoms with Crippen LogP contribution in [0.3, 0.4) is 0 Å². The zero-order chi connectivity index (χ0) is 18.0. The summed E-state index contributed by atoms with van der Waals surface area (Å²) < 4.78 is 5.26. The fraction of sp³-hybridized carbons (Fsp3) is 0.188. The van der Waals surface area contributed by atoms with Gasteiger partial charge in [-0.3, -0.25) is 19.4 Å². The van der Waals surface area contributed by atoms with Crippen LogP contribution in [0.15, 0.2) is 17.7 Å². The van der Waals surface area contributed by atoms with E-state index >= 15 is 0 Å². The molecule has 1 fully saturated rings. The molecule has 8 heteroatoms. The number of hydrogen-bond acceptors (Lipinski definition) is 4. The summed E-state index contributed by atoms with van der Waals surface area (Å²) in [6.45, 7) is 0.0177. The third kappa shape index (κ3) is 3.39. The van der Waals surface area contributed by atoms with E-state index in [1.165, 1.54) is 42.1 Å². The van der Waals surface area contributed by atoms with Crippen LogP contribution in [0.5, 0.6) is 5.75 Å². The van der Waals surface area contributed by atoms with Crippen molar-refractivity contribution in [2.24, 2.45) is 0 Å². The number of likely N-dealkylation sites (N-methyl/N-ethyl adjacent to an activating group) is 2. The van der Waals surface area contributed by atoms with Gasteiger partial charge in [0.2, 0.25) is 0 Å². The fourth-order valence-electron chi connectivity index (χ4n) is 2.06. The zero-order valence-electron chi connectivity index (χ0n) is 12.8. The lowest BCUT2D eigenvalue weighted by Crippen LogP contribution is -2.52. The molecule has 1 aromatic carbocycles. The predicted octanol–water partition coefficient (Wildman–Crippen LogP) is 2.60. The van der Waals surface area contributed by atoms with E-state index < -0.39 is 11.8 Å². The minimum Gasteiger partial charge on any atom is -0.478 e. The Balaban J connectivity index is 2.44. The standard InChI is InChI=1S/C16H12Cl2N2O3S/c1-4-5-23-13-11(17)7-9(8-12(13)18)6-10-14(21)19(2)16(24)20(3)15(10)22/h1,6-8H,5H2,2-3H3. The lowest BCUT2D eigenvalue weighted by Gasteiger charge is -2.31. The first-order valence-corrected chi connectivity index (χ1v) is 7.81. The van der Waals surface area contributed by atoms with Gasteiger partial charge in [-0.25, -0.2) is 0 Å². The van der Waals surface area contributed by atoms with Crippen molar-refractivity contribution in [2.45, 2.75) is 0 Å². The second kappa shape index (κ2) is 7.22. The molecule has 0 bridgehead atoms. The van der Waals surface area contributed by atoms with Gasteiger partial charge >= 0.3 is 0 Å². The quantitative estimate of drug-likeness (QED) is 0.349. The van der Waals surface area contributed by atoms with E-state index in [1.54, 1.807) is 0 Å². The van der Waals surface area contributed by atoms with Gasteiger partial charge in [-0.2, -0.15) is 0 Å². The number of carbonyl (C=O) groups is 2. The Morgan fingerprint density at radius 3 is 2.17 bits per heavy atom. The maximum Gasteiger partial charge on any atom is 0.265 e. The lowest BCUT2D eigenvalue weighted by atomic mass is 10.1. The smallest absolute Gasteiger partial charge is 0.265 e. The van der Waals surface area contributed by atoms with Crippen molar-refractivity contribution in [3.8, 4) is 18.1 Å². The first kappa shape index (κ1) is 18.3. The Morgan fingerprint density at radius 2 is 1.71 bits per heavy atom. The van der Waals surface area contributed by atoms with Crippen LogP contribution in [0.2, 0.25) is 10.0 Å². The number of nitrogens with zero attached hydrogens (tertiary/aromatic N) is 2. The van der Waals surface area contributed by atoms with Crippen LogP contribution < -0.4 is 4.74 Å². The van der Waals surface area contributed by atoms with Crippen molar-refractivity contribution in [3.05, 3.63) is 33.3 Å². The maximum atomic E-state index is 12.3. The summed E-state index contributed by atoms with van der Waals surface area (Å²) in [4.78, 5) is 27.0. The first-order chi connectivity index (χ1) is 11.3. The fourth-order valence-corrected chi connectivity index (χ4v) is 2.84. The van der Waals surface area contributed by atoms with Crippen LogP contribution in [-0.2, 0) is 9.59 Å². The molecule has 24 heavy (non-hydrogen) atoms. The molecule has 5 nitrogen and oxygen atoms in total. The molecule has 0 aromatic heterocycles. The van der Waals surface area contributed by atoms with Crippen LogP contribution in [0.4, 0.5) is 0 Å². The molecule has 2 amide bonds. The summed E-state index contributed by atoms with van der Waals surface area (Å²) in [7, 11) is 3.00. The molecule has 2 rings (SSSR count). The molecule has 1 aromatic rings. The number of terminal acetylenes is 1. The number of ether oxygens (including phenoxy) is 1. The largest absolute Gasteiger partial charge is 0.478 e. The Bertz CT molecular complexity index is 765. The minimum atomic E-state index is -0.497. The highest BCUT2D eigenvalue weighted by Crippen LogP contribution is 2.35. The summed E-state index contributed by atoms with van der Waals surface area (Å²) in [5.74, 6) is 1.56. The van der Waals surface area contributed by atoms with Crippen molar-refractivity contribution in [1.82, 2.24) is 9.80 Å². The van der Waals surface area contributed by atoms with Crippen LogP contribution in [0.25, 0.3) is 6.08 Å². The Kier molecular flexibility index (Phi) is 5.50. The van der Waals surface area contributed by atoms with Crippen molar-refractivity contribution in [3.63, 3.8) is 0 Å². The molecule has 0 radical (unpaired) electrons. The summed E-state index contributed by atoms with van der Waals surface area (Å²) in [6, 6.07) is 3.06. The molecular formula is C16H12Cl2N2O3S. The number of hydrogen-bond donors (Lipinski definition) is 0. The zero-order valence-corrected chi connectivity index (χ0v) is 15.1. The molecule has 0 unspecified atom stereocenters. The maximum absolute atomic E-state index is 12.3. The number of carbonyl (C=O) groups excluding carboxylic acids is 2. The summed E-state index contributed by atoms with van der Waals surface area (Å²) in [5.41, 5.74) is 0.433. The normalized spacial score (nSPS) is 14.8. The van der Waals surface area contributed by atoms with E-state index in [0.29, 0.717) is 5.56 Å². The number of amides is 2. The molecule has 0 spiro atoms. The monoisotopic (exact) mass is 382 g/mol. The molecule has 1 aliphatic rings. The molecule has 0 N–H and O–H groups in total. The van der Waals surface area contributed by atoms with Gasteiger partial charge in [-0.05, 0) is 36.0 Å². The molecule has 1 aliphatic heterocycles. The van der Waals surface area contributed by atoms with Crippen LogP contribution >= 0.6 is 35.4 Å². The number of halogens is 2. The van der Waals surface area contributed by atoms with Gasteiger partial charge in [-0.1, -0.05) is 29.1 Å². The number of benzene rings is 1. The number of thiocarbonyl (C=S) groups is 1. The third-order valence-corrected chi connectivity index (χ3v) is 4.38. The van der Waals surface area contributed by atoms with Gasteiger partial charge in [0.05, 0.1) is 10.0 Å². The van der Waals surface area contributed by atoms with E-state index in [4.69, 9.17) is 46.6 Å². The highest BCUT2D eigenvalue weighted by Gasteiger charge is 2.35. The molecule has 0 atom stereocenters. The van der Waals surface area contributed by atoms with Gasteiger partial charge in [0.1, 0.15) is 12.2 Å². The van der Waals surface area contributed by atoms with E-state index in [1.807, 2.05) is 0 Å². The first-order valence-electron chi connectivity index (χ1n) is 6.65. The van der Waals surface area contributed by atoms with Crippen LogP contribution in [0.1, 0.15) is 5.56 Å². The highest BCUT2D eigenvalue weighted by molar-refractivity contribution is 7.80. The van der Waals surface area contributed by atoms with Gasteiger partial charge < -0.3 is 4.74 Å². The van der Waals surface area contributed by atoms with Crippen molar-refractivity contribution < 1.29 is 14.3 Å². The lowest BCUT2D eigenvalue weighted by molar-refractivity contribution is -0.132. The highest BCUT2D eigenvalue weighted by atomic mass is 35.5. The van der Waals surface area contributed by atoms with Gasteiger partial charge in [0, 0.05) is 14.1 Å². The summed E-state index contributed by atoms with van der Waals surface area (Å²) in [6.07, 6.45) is 6.54. The van der Waals surface area contributed by atoms with Crippen molar-refractivity contribution >= 4 is 58.4 Å². The molecule has 124 valence electrons. The molecule has 0 saturated carbocycles. The minimum absolute atomic E-state index is 0.0177. The molecular weight excluding hydrogens is 371 g/mol. The van der Waals surface area contributed by atoms with Crippen LogP contribution in [-0.4, -0.2) is 47.4 Å². The van der Waals surface area contributed by atoms with E-state index in [9.17, 15) is 9.59 Å². The van der Waals surface area contributed by atoms with E-state index in [0.717, 1.165) is 0 Å². The second-order valence-corrected chi connectivity index (χ2v) is 6.05. The Hall–Kier alpha value is -2.07. The Morgan fingerprint density at radius 1 is 1.21 bits per heavy atom. The van der Waals surface area contributed by atoms with E-state index in [-0.39, 0.29) is 33.1 Å². The SMILES string of the molecule is C#CCOc1c(Cl)cc(C=C2C(=O)N(C)C(=S)N(C)C2=O)cc1Cl. The summed E-state index contributed by atoms with van der Waals surface area (Å²) in [5, 5.41) is 0.575. The van der Waals surface area contributed by atoms with Gasteiger partial charge in [-0.15, -0.1) is 6.42 Å². The third-order valence-electron chi connectivity index (χ3n) is 3.28. The average Bonchev–Trinajstić information content (AvgIpc) is 2.54. The second-order valence-electron chi connectivity index (χ2n) is 4.88. The predicted molar refractivity (Wildman–Crippen MR) is 96.9 cm³/mol. The van der Waals surface area contributed by atoms with Crippen LogP contribution in [0, 0.1) is 12.3 Å². The Labute approximate surface area is 154 Å². The van der Waals surface area contributed by atoms with E-state index in [2.05, 4.69) is 5.92 Å². The topological polar surface area (TPSA) is 49.9 Å². The number of rotatable bonds is 3. The van der Waals surface area contributed by atoms with Gasteiger partial charge in [0.25, 0.3) is 11.8 Å². The molecule has 1 saturated heterocycles. The molecule has 0 aliphatic carbocycles. The van der Waals surface area contributed by atoms with Gasteiger partial charge in [0.15, 0.2) is 10.9 Å². The summed E-state index contributed by atoms with van der Waals surface area (Å²) >= 11 is 17.3. The molecule has 1 heterocycles. The average molecular weight is 383 g/mol. The van der Waals surface area contributed by atoms with Crippen molar-refractivity contribution in [2.75, 3.05) is 20.7 Å².